The van der Waals surface area contributed by atoms with Crippen molar-refractivity contribution >= 4 is 12.6 Å². The Balaban J connectivity index is 1.26. The zero-order chi connectivity index (χ0) is 38.7. The Labute approximate surface area is 334 Å². The molecule has 6 heterocycles. The highest BCUT2D eigenvalue weighted by Gasteiger charge is 2.56. The Morgan fingerprint density at radius 1 is 0.368 bits per heavy atom. The van der Waals surface area contributed by atoms with Crippen molar-refractivity contribution in [3.05, 3.63) is 255 Å². The first kappa shape index (κ1) is 34.9. The monoisotopic (exact) mass is 742 g/mol. The summed E-state index contributed by atoms with van der Waals surface area (Å²) >= 11 is 0. The lowest BCUT2D eigenvalue weighted by molar-refractivity contribution is 0.00578. The molecule has 1 saturated heterocycles. The number of rotatable bonds is 5. The van der Waals surface area contributed by atoms with E-state index in [2.05, 4.69) is 211 Å². The Kier molecular flexibility index (Phi) is 8.33. The SMILES string of the molecule is CC1(C)OB(c2cc3[nH]c2[C+](c2ccccc2)c2ccc([nH]2)[C+](c2ccccc2)c2ccc([nH]2)[C+](c2ccccc2)c2ccc([nH]2)[C+]3c2ccccc2)OC1(C)C. The standard InChI is InChI=1S/C50H43BN4O2/c1-49(2)50(3,4)57-51(56-49)36-31-43-46(34-21-13-7-14-22-34)41-28-27-39(53-41)44(32-17-9-5-10-18-32)37-25-26-38(52-37)45(33-19-11-6-12-20-33)40-29-30-42(54-40)47(48(36)55-43)35-23-15-8-16-24-35/h5-31,52-55H,1-4H3/q+4. The lowest BCUT2D eigenvalue weighted by Gasteiger charge is -2.32. The maximum atomic E-state index is 6.85. The summed E-state index contributed by atoms with van der Waals surface area (Å²) in [5.74, 6) is 4.21. The largest absolute Gasteiger partial charge is 0.553 e. The van der Waals surface area contributed by atoms with E-state index in [0.29, 0.717) is 0 Å². The van der Waals surface area contributed by atoms with E-state index in [1.807, 2.05) is 0 Å². The molecular formula is C50H43BN4O2+4. The third-order valence-electron chi connectivity index (χ3n) is 11.8. The van der Waals surface area contributed by atoms with Gasteiger partial charge in [0.05, 0.1) is 75.3 Å². The maximum Gasteiger partial charge on any atom is 0.553 e. The molecule has 274 valence electrons. The second kappa shape index (κ2) is 13.6. The summed E-state index contributed by atoms with van der Waals surface area (Å²) in [4.78, 5) is 15.7. The van der Waals surface area contributed by atoms with Gasteiger partial charge in [-0.15, -0.1) is 0 Å². The molecule has 0 saturated carbocycles. The van der Waals surface area contributed by atoms with Crippen LogP contribution in [0.4, 0.5) is 0 Å². The summed E-state index contributed by atoms with van der Waals surface area (Å²) < 4.78 is 13.7. The van der Waals surface area contributed by atoms with E-state index >= 15 is 0 Å². The van der Waals surface area contributed by atoms with E-state index in [0.717, 1.165) is 96.9 Å². The van der Waals surface area contributed by atoms with Crippen LogP contribution < -0.4 is 5.46 Å². The van der Waals surface area contributed by atoms with Crippen LogP contribution in [0.5, 0.6) is 0 Å². The van der Waals surface area contributed by atoms with Crippen molar-refractivity contribution < 1.29 is 9.31 Å². The topological polar surface area (TPSA) is 81.6 Å². The number of aromatic amines is 4. The molecule has 4 N–H and O–H groups in total. The number of aromatic nitrogens is 4. The van der Waals surface area contributed by atoms with Crippen molar-refractivity contribution in [2.75, 3.05) is 0 Å². The molecule has 0 atom stereocenters. The Morgan fingerprint density at radius 3 is 1.02 bits per heavy atom. The molecule has 8 aromatic rings. The summed E-state index contributed by atoms with van der Waals surface area (Å²) in [6.07, 6.45) is 0. The van der Waals surface area contributed by atoms with Crippen LogP contribution in [0.25, 0.3) is 0 Å². The van der Waals surface area contributed by atoms with E-state index in [1.165, 1.54) is 0 Å². The highest BCUT2D eigenvalue weighted by atomic mass is 16.7. The van der Waals surface area contributed by atoms with Crippen molar-refractivity contribution in [3.63, 3.8) is 0 Å². The van der Waals surface area contributed by atoms with Gasteiger partial charge in [-0.2, -0.15) is 0 Å². The van der Waals surface area contributed by atoms with Crippen LogP contribution >= 0.6 is 0 Å². The molecule has 7 heteroatoms. The summed E-state index contributed by atoms with van der Waals surface area (Å²) in [5.41, 5.74) is 12.1. The molecule has 0 unspecified atom stereocenters. The van der Waals surface area contributed by atoms with E-state index in [-0.39, 0.29) is 0 Å². The van der Waals surface area contributed by atoms with Gasteiger partial charge in [0.15, 0.2) is 0 Å². The van der Waals surface area contributed by atoms with Crippen molar-refractivity contribution in [1.29, 1.82) is 0 Å². The summed E-state index contributed by atoms with van der Waals surface area (Å²) in [6.45, 7) is 8.43. The van der Waals surface area contributed by atoms with Crippen LogP contribution in [0.1, 0.15) is 95.5 Å². The second-order valence-corrected chi connectivity index (χ2v) is 15.9. The van der Waals surface area contributed by atoms with Gasteiger partial charge in [-0.1, -0.05) is 0 Å². The predicted octanol–water partition coefficient (Wildman–Crippen LogP) is 9.69. The quantitative estimate of drug-likeness (QED) is 0.105. The minimum Gasteiger partial charge on any atom is -0.392 e. The van der Waals surface area contributed by atoms with Crippen LogP contribution in [0.15, 0.2) is 164 Å². The maximum absolute atomic E-state index is 6.85. The third-order valence-corrected chi connectivity index (χ3v) is 11.8. The first-order valence-corrected chi connectivity index (χ1v) is 19.6. The molecule has 0 aliphatic carbocycles. The zero-order valence-corrected chi connectivity index (χ0v) is 32.5. The number of benzene rings is 4. The lowest BCUT2D eigenvalue weighted by Crippen LogP contribution is -2.41. The van der Waals surface area contributed by atoms with E-state index in [9.17, 15) is 0 Å². The highest BCUT2D eigenvalue weighted by Crippen LogP contribution is 2.42. The van der Waals surface area contributed by atoms with Crippen LogP contribution in [-0.4, -0.2) is 38.3 Å². The summed E-state index contributed by atoms with van der Waals surface area (Å²) in [6, 6.07) is 57.7. The van der Waals surface area contributed by atoms with Crippen molar-refractivity contribution in [1.82, 2.24) is 19.9 Å². The van der Waals surface area contributed by atoms with Gasteiger partial charge < -0.3 is 29.2 Å². The van der Waals surface area contributed by atoms with Crippen molar-refractivity contribution in [3.8, 4) is 0 Å². The van der Waals surface area contributed by atoms with Gasteiger partial charge >= 0.3 is 7.12 Å². The summed E-state index contributed by atoms with van der Waals surface area (Å²) in [5, 5.41) is 0. The van der Waals surface area contributed by atoms with Gasteiger partial charge in [0.1, 0.15) is 69.2 Å². The Hall–Kier alpha value is -6.54. The average molecular weight is 743 g/mol. The van der Waals surface area contributed by atoms with Gasteiger partial charge in [-0.25, -0.2) is 0 Å². The molecule has 0 amide bonds. The molecule has 57 heavy (non-hydrogen) atoms. The van der Waals surface area contributed by atoms with E-state index in [1.54, 1.807) is 0 Å². The molecule has 10 rings (SSSR count). The van der Waals surface area contributed by atoms with E-state index < -0.39 is 18.3 Å². The molecule has 4 aromatic carbocycles. The number of nitrogens with one attached hydrogen (secondary N) is 4. The number of hydrogen-bond acceptors (Lipinski definition) is 2. The smallest absolute Gasteiger partial charge is 0.392 e. The molecule has 2 aliphatic heterocycles. The first-order valence-electron chi connectivity index (χ1n) is 19.6. The molecular weight excluding hydrogens is 699 g/mol. The van der Waals surface area contributed by atoms with E-state index in [4.69, 9.17) is 9.31 Å². The number of fused-ring (bicyclic) bond motifs is 8. The Bertz CT molecular complexity index is 2600. The first-order chi connectivity index (χ1) is 27.7. The van der Waals surface area contributed by atoms with Crippen LogP contribution in [0, 0.1) is 23.7 Å². The fourth-order valence-electron chi connectivity index (χ4n) is 8.25. The normalized spacial score (nSPS) is 16.0. The number of H-pyrrole nitrogens is 4. The lowest BCUT2D eigenvalue weighted by atomic mass is 9.74. The number of hydrogen-bond donors (Lipinski definition) is 4. The fourth-order valence-corrected chi connectivity index (χ4v) is 8.25. The predicted molar refractivity (Wildman–Crippen MR) is 227 cm³/mol. The molecule has 0 spiro atoms. The molecule has 6 nitrogen and oxygen atoms in total. The fraction of sp³-hybridized carbons (Fsp3) is 0.120. The van der Waals surface area contributed by atoms with Gasteiger partial charge in [-0.05, 0) is 100 Å². The third kappa shape index (κ3) is 6.07. The second-order valence-electron chi connectivity index (χ2n) is 15.9. The minimum absolute atomic E-state index is 0.535. The minimum atomic E-state index is -0.622. The molecule has 1 fully saturated rings. The molecule has 8 bridgehead atoms. The van der Waals surface area contributed by atoms with Gasteiger partial charge in [0.25, 0.3) is 0 Å². The molecule has 4 aromatic heterocycles. The van der Waals surface area contributed by atoms with Crippen LogP contribution in [0.3, 0.4) is 0 Å². The average Bonchev–Trinajstić information content (AvgIpc) is 4.08. The van der Waals surface area contributed by atoms with Crippen LogP contribution in [-0.2, 0) is 9.31 Å². The molecule has 0 radical (unpaired) electrons. The zero-order valence-electron chi connectivity index (χ0n) is 32.5. The van der Waals surface area contributed by atoms with Crippen LogP contribution in [0.2, 0.25) is 0 Å². The van der Waals surface area contributed by atoms with Gasteiger partial charge in [-0.3, -0.25) is 0 Å². The highest BCUT2D eigenvalue weighted by molar-refractivity contribution is 6.63. The van der Waals surface area contributed by atoms with Gasteiger partial charge in [0.2, 0.25) is 0 Å². The molecule has 2 aliphatic rings. The Morgan fingerprint density at radius 2 is 0.667 bits per heavy atom. The van der Waals surface area contributed by atoms with Crippen molar-refractivity contribution in [2.45, 2.75) is 38.9 Å². The summed E-state index contributed by atoms with van der Waals surface area (Å²) in [7, 11) is -0.622. The van der Waals surface area contributed by atoms with Crippen molar-refractivity contribution in [2.24, 2.45) is 0 Å². The van der Waals surface area contributed by atoms with Gasteiger partial charge in [0, 0.05) is 54.6 Å².